The largest absolute Gasteiger partial charge is 0.375 e. The van der Waals surface area contributed by atoms with Crippen LogP contribution in [0, 0.1) is 5.82 Å². The SMILES string of the molecule is O=C(CCOCC(F)F)Nc1cn[nH]c1-c1ccccc1F. The van der Waals surface area contributed by atoms with Crippen LogP contribution in [0.3, 0.4) is 0 Å². The molecule has 1 aromatic carbocycles. The van der Waals surface area contributed by atoms with Crippen molar-refractivity contribution in [3.05, 3.63) is 36.3 Å². The van der Waals surface area contributed by atoms with Crippen LogP contribution in [-0.2, 0) is 9.53 Å². The molecule has 5 nitrogen and oxygen atoms in total. The number of aromatic nitrogens is 2. The van der Waals surface area contributed by atoms with Crippen LogP contribution in [0.25, 0.3) is 11.3 Å². The van der Waals surface area contributed by atoms with E-state index in [1.807, 2.05) is 0 Å². The smallest absolute Gasteiger partial charge is 0.261 e. The zero-order valence-corrected chi connectivity index (χ0v) is 11.5. The first-order valence-corrected chi connectivity index (χ1v) is 6.52. The van der Waals surface area contributed by atoms with E-state index in [-0.39, 0.29) is 18.6 Å². The van der Waals surface area contributed by atoms with E-state index < -0.39 is 24.8 Å². The Morgan fingerprint density at radius 1 is 1.36 bits per heavy atom. The molecule has 0 radical (unpaired) electrons. The van der Waals surface area contributed by atoms with Gasteiger partial charge in [-0.2, -0.15) is 5.10 Å². The Kier molecular flexibility index (Phi) is 5.54. The number of H-pyrrole nitrogens is 1. The number of nitrogens with one attached hydrogen (secondary N) is 2. The molecule has 2 N–H and O–H groups in total. The second-order valence-corrected chi connectivity index (χ2v) is 4.40. The number of hydrogen-bond acceptors (Lipinski definition) is 3. The van der Waals surface area contributed by atoms with Crippen LogP contribution in [0.5, 0.6) is 0 Å². The summed E-state index contributed by atoms with van der Waals surface area (Å²) in [7, 11) is 0. The van der Waals surface area contributed by atoms with Gasteiger partial charge in [-0.25, -0.2) is 13.2 Å². The lowest BCUT2D eigenvalue weighted by Crippen LogP contribution is -2.15. The topological polar surface area (TPSA) is 67.0 Å². The zero-order valence-electron chi connectivity index (χ0n) is 11.5. The quantitative estimate of drug-likeness (QED) is 0.772. The molecule has 0 aliphatic rings. The number of halogens is 3. The molecule has 2 aromatic rings. The molecule has 22 heavy (non-hydrogen) atoms. The van der Waals surface area contributed by atoms with Crippen LogP contribution in [-0.4, -0.2) is 35.7 Å². The van der Waals surface area contributed by atoms with Gasteiger partial charge in [0.2, 0.25) is 5.91 Å². The molecule has 118 valence electrons. The van der Waals surface area contributed by atoms with Crippen molar-refractivity contribution in [3.8, 4) is 11.3 Å². The third kappa shape index (κ3) is 4.32. The van der Waals surface area contributed by atoms with Crippen molar-refractivity contribution in [2.45, 2.75) is 12.8 Å². The van der Waals surface area contributed by atoms with Crippen molar-refractivity contribution in [1.29, 1.82) is 0 Å². The number of alkyl halides is 2. The van der Waals surface area contributed by atoms with Gasteiger partial charge in [0.25, 0.3) is 6.43 Å². The second kappa shape index (κ2) is 7.60. The van der Waals surface area contributed by atoms with Gasteiger partial charge < -0.3 is 10.1 Å². The summed E-state index contributed by atoms with van der Waals surface area (Å²) in [4.78, 5) is 11.7. The summed E-state index contributed by atoms with van der Waals surface area (Å²) in [5.41, 5.74) is 0.910. The molecule has 0 unspecified atom stereocenters. The summed E-state index contributed by atoms with van der Waals surface area (Å²) in [5, 5.41) is 8.93. The molecule has 0 bridgehead atoms. The first-order valence-electron chi connectivity index (χ1n) is 6.52. The van der Waals surface area contributed by atoms with Gasteiger partial charge in [-0.1, -0.05) is 12.1 Å². The zero-order chi connectivity index (χ0) is 15.9. The Hall–Kier alpha value is -2.35. The molecule has 0 spiro atoms. The van der Waals surface area contributed by atoms with Gasteiger partial charge in [-0.3, -0.25) is 9.89 Å². The number of nitrogens with zero attached hydrogens (tertiary/aromatic N) is 1. The fourth-order valence-electron chi connectivity index (χ4n) is 1.80. The van der Waals surface area contributed by atoms with Crippen LogP contribution in [0.4, 0.5) is 18.9 Å². The lowest BCUT2D eigenvalue weighted by atomic mass is 10.1. The van der Waals surface area contributed by atoms with E-state index in [1.165, 1.54) is 12.3 Å². The fraction of sp³-hybridized carbons (Fsp3) is 0.286. The van der Waals surface area contributed by atoms with Crippen LogP contribution >= 0.6 is 0 Å². The van der Waals surface area contributed by atoms with Gasteiger partial charge in [0.1, 0.15) is 12.4 Å². The molecule has 0 fully saturated rings. The Morgan fingerprint density at radius 2 is 2.14 bits per heavy atom. The molecule has 0 aliphatic carbocycles. The number of ether oxygens (including phenoxy) is 1. The summed E-state index contributed by atoms with van der Waals surface area (Å²) >= 11 is 0. The lowest BCUT2D eigenvalue weighted by Gasteiger charge is -2.07. The molecule has 1 heterocycles. The predicted octanol–water partition coefficient (Wildman–Crippen LogP) is 2.83. The first-order chi connectivity index (χ1) is 10.6. The summed E-state index contributed by atoms with van der Waals surface area (Å²) in [6.07, 6.45) is -1.31. The third-order valence-corrected chi connectivity index (χ3v) is 2.77. The maximum Gasteiger partial charge on any atom is 0.261 e. The van der Waals surface area contributed by atoms with Crippen molar-refractivity contribution in [1.82, 2.24) is 10.2 Å². The lowest BCUT2D eigenvalue weighted by molar-refractivity contribution is -0.117. The Labute approximate surface area is 124 Å². The van der Waals surface area contributed by atoms with E-state index in [0.29, 0.717) is 11.4 Å². The molecule has 0 saturated heterocycles. The Morgan fingerprint density at radius 3 is 2.86 bits per heavy atom. The predicted molar refractivity (Wildman–Crippen MR) is 74.1 cm³/mol. The number of aromatic amines is 1. The summed E-state index contributed by atoms with van der Waals surface area (Å²) in [6, 6.07) is 6.04. The highest BCUT2D eigenvalue weighted by molar-refractivity contribution is 5.94. The van der Waals surface area contributed by atoms with E-state index in [0.717, 1.165) is 0 Å². The standard InChI is InChI=1S/C14H14F3N3O2/c15-10-4-2-1-3-9(10)14-11(7-18-20-14)19-13(21)5-6-22-8-12(16)17/h1-4,7,12H,5-6,8H2,(H,18,20)(H,19,21). The minimum Gasteiger partial charge on any atom is -0.375 e. The van der Waals surface area contributed by atoms with Gasteiger partial charge in [0.15, 0.2) is 0 Å². The van der Waals surface area contributed by atoms with E-state index in [9.17, 15) is 18.0 Å². The number of amides is 1. The normalized spacial score (nSPS) is 10.9. The number of anilines is 1. The van der Waals surface area contributed by atoms with E-state index in [2.05, 4.69) is 20.3 Å². The number of carbonyl (C=O) groups excluding carboxylic acids is 1. The van der Waals surface area contributed by atoms with Gasteiger partial charge in [-0.05, 0) is 12.1 Å². The summed E-state index contributed by atoms with van der Waals surface area (Å²) in [6.45, 7) is -0.831. The molecular weight excluding hydrogens is 299 g/mol. The van der Waals surface area contributed by atoms with Crippen molar-refractivity contribution in [2.24, 2.45) is 0 Å². The van der Waals surface area contributed by atoms with Gasteiger partial charge in [0.05, 0.1) is 30.6 Å². The average Bonchev–Trinajstić information content (AvgIpc) is 2.92. The van der Waals surface area contributed by atoms with Crippen molar-refractivity contribution < 1.29 is 22.7 Å². The van der Waals surface area contributed by atoms with Crippen molar-refractivity contribution in [2.75, 3.05) is 18.5 Å². The minimum absolute atomic E-state index is 0.0887. The maximum atomic E-state index is 13.7. The molecule has 0 atom stereocenters. The highest BCUT2D eigenvalue weighted by Gasteiger charge is 2.14. The van der Waals surface area contributed by atoms with E-state index in [1.54, 1.807) is 18.2 Å². The summed E-state index contributed by atoms with van der Waals surface area (Å²) in [5.74, 6) is -0.893. The highest BCUT2D eigenvalue weighted by atomic mass is 19.3. The third-order valence-electron chi connectivity index (χ3n) is 2.77. The Balaban J connectivity index is 1.96. The average molecular weight is 313 g/mol. The molecule has 1 aromatic heterocycles. The van der Waals surface area contributed by atoms with Gasteiger partial charge in [-0.15, -0.1) is 0 Å². The van der Waals surface area contributed by atoms with Crippen LogP contribution in [0.15, 0.2) is 30.5 Å². The molecule has 1 amide bonds. The Bertz CT molecular complexity index is 631. The summed E-state index contributed by atoms with van der Waals surface area (Å²) < 4.78 is 42.1. The van der Waals surface area contributed by atoms with Gasteiger partial charge >= 0.3 is 0 Å². The minimum atomic E-state index is -2.57. The molecule has 2 rings (SSSR count). The molecular formula is C14H14F3N3O2. The monoisotopic (exact) mass is 313 g/mol. The van der Waals surface area contributed by atoms with E-state index >= 15 is 0 Å². The van der Waals surface area contributed by atoms with Crippen molar-refractivity contribution >= 4 is 11.6 Å². The highest BCUT2D eigenvalue weighted by Crippen LogP contribution is 2.27. The second-order valence-electron chi connectivity index (χ2n) is 4.40. The molecule has 0 aliphatic heterocycles. The first kappa shape index (κ1) is 16.0. The van der Waals surface area contributed by atoms with Crippen LogP contribution in [0.1, 0.15) is 6.42 Å². The van der Waals surface area contributed by atoms with Crippen LogP contribution < -0.4 is 5.32 Å². The van der Waals surface area contributed by atoms with Gasteiger partial charge in [0, 0.05) is 5.56 Å². The van der Waals surface area contributed by atoms with Crippen LogP contribution in [0.2, 0.25) is 0 Å². The van der Waals surface area contributed by atoms with E-state index in [4.69, 9.17) is 0 Å². The molecule has 8 heteroatoms. The van der Waals surface area contributed by atoms with Crippen molar-refractivity contribution in [3.63, 3.8) is 0 Å². The number of carbonyl (C=O) groups is 1. The maximum absolute atomic E-state index is 13.7. The number of benzene rings is 1. The number of rotatable bonds is 7. The fourth-order valence-corrected chi connectivity index (χ4v) is 1.80. The molecule has 0 saturated carbocycles. The number of hydrogen-bond donors (Lipinski definition) is 2.